The summed E-state index contributed by atoms with van der Waals surface area (Å²) in [6, 6.07) is 0. The van der Waals surface area contributed by atoms with Crippen LogP contribution in [0.3, 0.4) is 0 Å². The second-order valence-corrected chi connectivity index (χ2v) is 6.91. The number of hydrogen-bond acceptors (Lipinski definition) is 2. The third kappa shape index (κ3) is 6.11. The lowest BCUT2D eigenvalue weighted by atomic mass is 9.84. The fraction of sp³-hybridized carbons (Fsp3) is 0.833. The Morgan fingerprint density at radius 3 is 2.05 bits per heavy atom. The Balaban J connectivity index is 2.77. The van der Waals surface area contributed by atoms with Crippen molar-refractivity contribution in [2.45, 2.75) is 90.6 Å². The number of esters is 1. The Hall–Kier alpha value is -0.790. The number of rotatable bonds is 5. The molecule has 0 atom stereocenters. The summed E-state index contributed by atoms with van der Waals surface area (Å²) in [7, 11) is 0. The van der Waals surface area contributed by atoms with Gasteiger partial charge in [-0.15, -0.1) is 0 Å². The topological polar surface area (TPSA) is 26.3 Å². The average molecular weight is 280 g/mol. The highest BCUT2D eigenvalue weighted by molar-refractivity contribution is 5.87. The molecular weight excluding hydrogens is 248 g/mol. The summed E-state index contributed by atoms with van der Waals surface area (Å²) in [5.41, 5.74) is 0.291. The van der Waals surface area contributed by atoms with Gasteiger partial charge in [-0.25, -0.2) is 4.79 Å². The van der Waals surface area contributed by atoms with Crippen molar-refractivity contribution < 1.29 is 9.53 Å². The van der Waals surface area contributed by atoms with E-state index in [-0.39, 0.29) is 11.6 Å². The molecule has 1 rings (SSSR count). The summed E-state index contributed by atoms with van der Waals surface area (Å²) in [5, 5.41) is 0. The molecule has 0 bridgehead atoms. The minimum absolute atomic E-state index is 0.201. The first-order valence-electron chi connectivity index (χ1n) is 8.34. The van der Waals surface area contributed by atoms with Crippen LogP contribution in [0.25, 0.3) is 0 Å². The fourth-order valence-electron chi connectivity index (χ4n) is 2.97. The predicted molar refractivity (Wildman–Crippen MR) is 84.6 cm³/mol. The van der Waals surface area contributed by atoms with E-state index >= 15 is 0 Å². The Bertz CT molecular complexity index is 307. The molecule has 0 radical (unpaired) electrons. The summed E-state index contributed by atoms with van der Waals surface area (Å²) in [5.74, 6) is 0.455. The van der Waals surface area contributed by atoms with Crippen LogP contribution in [0.15, 0.2) is 12.2 Å². The molecule has 1 aliphatic carbocycles. The van der Waals surface area contributed by atoms with Gasteiger partial charge in [-0.05, 0) is 51.4 Å². The maximum absolute atomic E-state index is 12.0. The molecule has 116 valence electrons. The lowest BCUT2D eigenvalue weighted by molar-refractivity contribution is -0.158. The van der Waals surface area contributed by atoms with Crippen molar-refractivity contribution >= 4 is 5.97 Å². The van der Waals surface area contributed by atoms with Crippen molar-refractivity contribution in [1.29, 1.82) is 0 Å². The molecule has 0 saturated heterocycles. The van der Waals surface area contributed by atoms with Gasteiger partial charge in [0, 0.05) is 5.57 Å². The molecule has 0 unspecified atom stereocenters. The molecule has 0 aromatic rings. The molecule has 0 aliphatic heterocycles. The first-order chi connectivity index (χ1) is 9.45. The van der Waals surface area contributed by atoms with Crippen LogP contribution < -0.4 is 0 Å². The molecule has 1 saturated carbocycles. The van der Waals surface area contributed by atoms with Gasteiger partial charge in [-0.2, -0.15) is 0 Å². The van der Waals surface area contributed by atoms with Crippen LogP contribution in [-0.2, 0) is 9.53 Å². The van der Waals surface area contributed by atoms with Crippen LogP contribution in [0.1, 0.15) is 85.0 Å². The van der Waals surface area contributed by atoms with Crippen molar-refractivity contribution in [1.82, 2.24) is 0 Å². The van der Waals surface area contributed by atoms with E-state index in [2.05, 4.69) is 20.4 Å². The average Bonchev–Trinajstić information content (AvgIpc) is 2.49. The maximum atomic E-state index is 12.0. The van der Waals surface area contributed by atoms with E-state index in [4.69, 9.17) is 4.74 Å². The molecule has 0 aromatic heterocycles. The van der Waals surface area contributed by atoms with Gasteiger partial charge in [-0.1, -0.05) is 46.1 Å². The highest BCUT2D eigenvalue weighted by Crippen LogP contribution is 2.35. The van der Waals surface area contributed by atoms with Gasteiger partial charge in [0.05, 0.1) is 0 Å². The van der Waals surface area contributed by atoms with Gasteiger partial charge in [0.1, 0.15) is 5.60 Å². The lowest BCUT2D eigenvalue weighted by Crippen LogP contribution is -2.36. The molecule has 0 amide bonds. The standard InChI is InChI=1S/C18H32O2/c1-15(2)11-14-18(20-17(19)16(3)4)12-9-7-5-6-8-10-13-18/h15H,3,5-14H2,1-2,4H3. The SMILES string of the molecule is C=C(C)C(=O)OC1(CCC(C)C)CCCCCCCC1. The van der Waals surface area contributed by atoms with Gasteiger partial charge in [0.25, 0.3) is 0 Å². The smallest absolute Gasteiger partial charge is 0.333 e. The van der Waals surface area contributed by atoms with Gasteiger partial charge in [0.15, 0.2) is 0 Å². The number of carbonyl (C=O) groups excluding carboxylic acids is 1. The van der Waals surface area contributed by atoms with Crippen molar-refractivity contribution in [3.8, 4) is 0 Å². The van der Waals surface area contributed by atoms with Crippen LogP contribution in [0.5, 0.6) is 0 Å². The zero-order valence-corrected chi connectivity index (χ0v) is 13.7. The van der Waals surface area contributed by atoms with E-state index in [0.29, 0.717) is 11.5 Å². The zero-order valence-electron chi connectivity index (χ0n) is 13.7. The van der Waals surface area contributed by atoms with E-state index in [0.717, 1.165) is 25.7 Å². The third-order valence-electron chi connectivity index (χ3n) is 4.35. The monoisotopic (exact) mass is 280 g/mol. The third-order valence-corrected chi connectivity index (χ3v) is 4.35. The van der Waals surface area contributed by atoms with Crippen LogP contribution in [0.4, 0.5) is 0 Å². The van der Waals surface area contributed by atoms with Crippen molar-refractivity contribution in [2.24, 2.45) is 5.92 Å². The van der Waals surface area contributed by atoms with E-state index in [1.54, 1.807) is 6.92 Å². The van der Waals surface area contributed by atoms with Crippen LogP contribution in [0.2, 0.25) is 0 Å². The van der Waals surface area contributed by atoms with Gasteiger partial charge in [-0.3, -0.25) is 0 Å². The first-order valence-corrected chi connectivity index (χ1v) is 8.34. The second kappa shape index (κ2) is 8.49. The predicted octanol–water partition coefficient (Wildman–Crippen LogP) is 5.42. The molecule has 0 N–H and O–H groups in total. The summed E-state index contributed by atoms with van der Waals surface area (Å²) < 4.78 is 5.94. The summed E-state index contributed by atoms with van der Waals surface area (Å²) in [6.07, 6.45) is 11.7. The molecule has 1 fully saturated rings. The number of ether oxygens (including phenoxy) is 1. The highest BCUT2D eigenvalue weighted by atomic mass is 16.6. The van der Waals surface area contributed by atoms with Crippen LogP contribution in [0, 0.1) is 5.92 Å². The van der Waals surface area contributed by atoms with Gasteiger partial charge >= 0.3 is 5.97 Å². The number of carbonyl (C=O) groups is 1. The highest BCUT2D eigenvalue weighted by Gasteiger charge is 2.33. The lowest BCUT2D eigenvalue weighted by Gasteiger charge is -2.34. The second-order valence-electron chi connectivity index (χ2n) is 6.91. The Labute approximate surface area is 125 Å². The van der Waals surface area contributed by atoms with Crippen LogP contribution >= 0.6 is 0 Å². The van der Waals surface area contributed by atoms with E-state index in [1.165, 1.54) is 38.5 Å². The summed E-state index contributed by atoms with van der Waals surface area (Å²) >= 11 is 0. The van der Waals surface area contributed by atoms with E-state index in [9.17, 15) is 4.79 Å². The minimum Gasteiger partial charge on any atom is -0.456 e. The molecule has 20 heavy (non-hydrogen) atoms. The van der Waals surface area contributed by atoms with Crippen LogP contribution in [-0.4, -0.2) is 11.6 Å². The molecule has 1 aliphatic rings. The fourth-order valence-corrected chi connectivity index (χ4v) is 2.97. The largest absolute Gasteiger partial charge is 0.456 e. The number of hydrogen-bond donors (Lipinski definition) is 0. The van der Waals surface area contributed by atoms with E-state index in [1.807, 2.05) is 0 Å². The normalized spacial score (nSPS) is 19.8. The minimum atomic E-state index is -0.232. The molecule has 0 aromatic carbocycles. The molecule has 0 spiro atoms. The Morgan fingerprint density at radius 1 is 1.10 bits per heavy atom. The molecule has 0 heterocycles. The summed E-state index contributed by atoms with van der Waals surface area (Å²) in [4.78, 5) is 12.0. The van der Waals surface area contributed by atoms with Gasteiger partial charge in [0.2, 0.25) is 0 Å². The summed E-state index contributed by atoms with van der Waals surface area (Å²) in [6.45, 7) is 9.96. The van der Waals surface area contributed by atoms with Crippen molar-refractivity contribution in [2.75, 3.05) is 0 Å². The molecular formula is C18H32O2. The molecule has 2 heteroatoms. The van der Waals surface area contributed by atoms with Crippen molar-refractivity contribution in [3.63, 3.8) is 0 Å². The van der Waals surface area contributed by atoms with Gasteiger partial charge < -0.3 is 4.74 Å². The quantitative estimate of drug-likeness (QED) is 0.497. The maximum Gasteiger partial charge on any atom is 0.333 e. The van der Waals surface area contributed by atoms with Crippen molar-refractivity contribution in [3.05, 3.63) is 12.2 Å². The Morgan fingerprint density at radius 2 is 1.60 bits per heavy atom. The zero-order chi connectivity index (χ0) is 15.0. The van der Waals surface area contributed by atoms with E-state index < -0.39 is 0 Å². The molecule has 2 nitrogen and oxygen atoms in total. The Kier molecular flexibility index (Phi) is 7.32. The first kappa shape index (κ1) is 17.3.